The molecule has 0 aliphatic heterocycles. The Labute approximate surface area is 188 Å². The van der Waals surface area contributed by atoms with Crippen molar-refractivity contribution in [3.63, 3.8) is 0 Å². The van der Waals surface area contributed by atoms with Gasteiger partial charge >= 0.3 is 18.3 Å². The highest BCUT2D eigenvalue weighted by atomic mass is 35.5. The average molecular weight is 502 g/mol. The molecule has 0 aliphatic carbocycles. The number of esters is 1. The van der Waals surface area contributed by atoms with Crippen LogP contribution in [0.3, 0.4) is 0 Å². The molecule has 32 heavy (non-hydrogen) atoms. The van der Waals surface area contributed by atoms with Crippen LogP contribution in [0.4, 0.5) is 26.3 Å². The minimum absolute atomic E-state index is 0.0405. The Morgan fingerprint density at radius 1 is 0.969 bits per heavy atom. The second kappa shape index (κ2) is 9.99. The van der Waals surface area contributed by atoms with Crippen LogP contribution in [0.15, 0.2) is 36.4 Å². The first-order valence-corrected chi connectivity index (χ1v) is 9.55. The molecule has 1 amide bonds. The van der Waals surface area contributed by atoms with Crippen LogP contribution in [0.25, 0.3) is 0 Å². The fraction of sp³-hybridized carbons (Fsp3) is 0.300. The number of ether oxygens (including phenoxy) is 1. The third-order valence-corrected chi connectivity index (χ3v) is 4.86. The highest BCUT2D eigenvalue weighted by molar-refractivity contribution is 6.35. The lowest BCUT2D eigenvalue weighted by Gasteiger charge is -2.18. The molecular weight excluding hydrogens is 487 g/mol. The van der Waals surface area contributed by atoms with E-state index in [1.54, 1.807) is 0 Å². The van der Waals surface area contributed by atoms with Crippen LogP contribution in [-0.2, 0) is 39.5 Å². The van der Waals surface area contributed by atoms with E-state index in [4.69, 9.17) is 23.2 Å². The van der Waals surface area contributed by atoms with E-state index in [2.05, 4.69) is 10.1 Å². The zero-order valence-electron chi connectivity index (χ0n) is 16.2. The maximum absolute atomic E-state index is 13.0. The molecule has 0 heterocycles. The molecule has 0 radical (unpaired) electrons. The number of benzene rings is 2. The Morgan fingerprint density at radius 2 is 1.53 bits per heavy atom. The summed E-state index contributed by atoms with van der Waals surface area (Å²) in [5.41, 5.74) is -3.22. The third kappa shape index (κ3) is 7.03. The summed E-state index contributed by atoms with van der Waals surface area (Å²) in [6.45, 7) is 0. The van der Waals surface area contributed by atoms with Crippen molar-refractivity contribution in [2.45, 2.75) is 31.2 Å². The van der Waals surface area contributed by atoms with Crippen LogP contribution in [0.2, 0.25) is 10.0 Å². The first-order valence-electron chi connectivity index (χ1n) is 8.80. The summed E-state index contributed by atoms with van der Waals surface area (Å²) in [6, 6.07) is 3.93. The van der Waals surface area contributed by atoms with E-state index in [-0.39, 0.29) is 17.5 Å². The minimum atomic E-state index is -5.05. The van der Waals surface area contributed by atoms with Crippen molar-refractivity contribution in [1.29, 1.82) is 0 Å². The second-order valence-electron chi connectivity index (χ2n) is 6.67. The van der Waals surface area contributed by atoms with Gasteiger partial charge in [-0.25, -0.2) is 4.79 Å². The molecule has 2 rings (SSSR count). The Morgan fingerprint density at radius 3 is 2.00 bits per heavy atom. The molecule has 1 atom stereocenters. The first kappa shape index (κ1) is 25.8. The number of hydrogen-bond donors (Lipinski definition) is 1. The molecule has 0 aromatic heterocycles. The summed E-state index contributed by atoms with van der Waals surface area (Å²) in [5.74, 6) is -1.87. The number of hydrogen-bond acceptors (Lipinski definition) is 3. The quantitative estimate of drug-likeness (QED) is 0.421. The van der Waals surface area contributed by atoms with Gasteiger partial charge in [-0.3, -0.25) is 4.79 Å². The highest BCUT2D eigenvalue weighted by Crippen LogP contribution is 2.36. The van der Waals surface area contributed by atoms with E-state index in [1.807, 2.05) is 0 Å². The van der Waals surface area contributed by atoms with Crippen LogP contribution in [0.1, 0.15) is 22.3 Å². The van der Waals surface area contributed by atoms with E-state index < -0.39 is 53.4 Å². The normalized spacial score (nSPS) is 12.9. The standard InChI is InChI=1S/C20H15Cl2F6NO3/c1-32-18(31)16(7-11-2-3-14(21)9-15(11)22)29-17(30)6-10-4-12(19(23,24)25)8-13(5-10)20(26,27)28/h2-5,8-9,16H,6-7H2,1H3,(H,29,30)/t16-/m0/s1. The first-order chi connectivity index (χ1) is 14.7. The third-order valence-electron chi connectivity index (χ3n) is 4.27. The van der Waals surface area contributed by atoms with Gasteiger partial charge in [-0.05, 0) is 41.5 Å². The smallest absolute Gasteiger partial charge is 0.416 e. The van der Waals surface area contributed by atoms with Crippen LogP contribution < -0.4 is 5.32 Å². The van der Waals surface area contributed by atoms with Crippen molar-refractivity contribution < 1.29 is 40.7 Å². The molecule has 0 unspecified atom stereocenters. The molecule has 1 N–H and O–H groups in total. The van der Waals surface area contributed by atoms with Gasteiger partial charge in [0.2, 0.25) is 5.91 Å². The van der Waals surface area contributed by atoms with Crippen molar-refractivity contribution in [1.82, 2.24) is 5.32 Å². The van der Waals surface area contributed by atoms with Crippen LogP contribution in [0.5, 0.6) is 0 Å². The summed E-state index contributed by atoms with van der Waals surface area (Å²) >= 11 is 11.8. The topological polar surface area (TPSA) is 55.4 Å². The monoisotopic (exact) mass is 501 g/mol. The Bertz CT molecular complexity index is 976. The molecule has 4 nitrogen and oxygen atoms in total. The Balaban J connectivity index is 2.26. The van der Waals surface area contributed by atoms with Crippen molar-refractivity contribution in [2.24, 2.45) is 0 Å². The summed E-state index contributed by atoms with van der Waals surface area (Å²) < 4.78 is 82.6. The Kier molecular flexibility index (Phi) is 8.06. The largest absolute Gasteiger partial charge is 0.467 e. The molecule has 0 saturated carbocycles. The lowest BCUT2D eigenvalue weighted by molar-refractivity contribution is -0.145. The van der Waals surface area contributed by atoms with Gasteiger partial charge < -0.3 is 10.1 Å². The molecule has 0 aliphatic rings. The lowest BCUT2D eigenvalue weighted by Crippen LogP contribution is -2.43. The zero-order chi connectivity index (χ0) is 24.3. The van der Waals surface area contributed by atoms with E-state index >= 15 is 0 Å². The van der Waals surface area contributed by atoms with Gasteiger partial charge in [-0.1, -0.05) is 29.3 Å². The van der Waals surface area contributed by atoms with Gasteiger partial charge in [0.05, 0.1) is 24.7 Å². The number of carbonyl (C=O) groups is 2. The van der Waals surface area contributed by atoms with Crippen LogP contribution >= 0.6 is 23.2 Å². The van der Waals surface area contributed by atoms with Crippen molar-refractivity contribution in [2.75, 3.05) is 7.11 Å². The van der Waals surface area contributed by atoms with Gasteiger partial charge in [-0.2, -0.15) is 26.3 Å². The van der Waals surface area contributed by atoms with Crippen molar-refractivity contribution >= 4 is 35.1 Å². The number of nitrogens with one attached hydrogen (secondary N) is 1. The van der Waals surface area contributed by atoms with E-state index in [1.165, 1.54) is 18.2 Å². The number of carbonyl (C=O) groups excluding carboxylic acids is 2. The van der Waals surface area contributed by atoms with Gasteiger partial charge in [0.25, 0.3) is 0 Å². The van der Waals surface area contributed by atoms with Crippen LogP contribution in [0, 0.1) is 0 Å². The number of alkyl halides is 6. The number of rotatable bonds is 6. The van der Waals surface area contributed by atoms with Gasteiger partial charge in [-0.15, -0.1) is 0 Å². The summed E-state index contributed by atoms with van der Waals surface area (Å²) in [5, 5.41) is 2.77. The molecule has 0 saturated heterocycles. The molecule has 2 aromatic rings. The predicted octanol–water partition coefficient (Wildman–Crippen LogP) is 5.47. The Hall–Kier alpha value is -2.46. The fourth-order valence-corrected chi connectivity index (χ4v) is 3.28. The molecule has 0 spiro atoms. The molecule has 0 bridgehead atoms. The van der Waals surface area contributed by atoms with E-state index in [0.717, 1.165) is 7.11 Å². The van der Waals surface area contributed by atoms with Crippen molar-refractivity contribution in [3.8, 4) is 0 Å². The number of amides is 1. The average Bonchev–Trinajstić information content (AvgIpc) is 2.67. The van der Waals surface area contributed by atoms with Crippen LogP contribution in [-0.4, -0.2) is 25.0 Å². The molecule has 174 valence electrons. The maximum atomic E-state index is 13.0. The summed E-state index contributed by atoms with van der Waals surface area (Å²) in [6.07, 6.45) is -11.1. The fourth-order valence-electron chi connectivity index (χ4n) is 2.79. The second-order valence-corrected chi connectivity index (χ2v) is 7.52. The predicted molar refractivity (Wildman–Crippen MR) is 104 cm³/mol. The molecule has 2 aromatic carbocycles. The van der Waals surface area contributed by atoms with Gasteiger partial charge in [0.15, 0.2) is 0 Å². The summed E-state index contributed by atoms with van der Waals surface area (Å²) in [7, 11) is 1.05. The number of halogens is 8. The van der Waals surface area contributed by atoms with E-state index in [9.17, 15) is 35.9 Å². The molecule has 0 fully saturated rings. The number of methoxy groups -OCH3 is 1. The van der Waals surface area contributed by atoms with E-state index in [0.29, 0.717) is 22.7 Å². The highest BCUT2D eigenvalue weighted by Gasteiger charge is 2.37. The van der Waals surface area contributed by atoms with Gasteiger partial charge in [0.1, 0.15) is 6.04 Å². The van der Waals surface area contributed by atoms with Gasteiger partial charge in [0, 0.05) is 16.5 Å². The minimum Gasteiger partial charge on any atom is -0.467 e. The summed E-state index contributed by atoms with van der Waals surface area (Å²) in [4.78, 5) is 24.4. The molecular formula is C20H15Cl2F6NO3. The van der Waals surface area contributed by atoms with Crippen molar-refractivity contribution in [3.05, 3.63) is 68.7 Å². The lowest BCUT2D eigenvalue weighted by atomic mass is 10.0. The SMILES string of the molecule is COC(=O)[C@H](Cc1ccc(Cl)cc1Cl)NC(=O)Cc1cc(C(F)(F)F)cc(C(F)(F)F)c1. The maximum Gasteiger partial charge on any atom is 0.416 e. The zero-order valence-corrected chi connectivity index (χ0v) is 17.7. The molecule has 12 heteroatoms.